The molecule has 17 heavy (non-hydrogen) atoms. The zero-order valence-corrected chi connectivity index (χ0v) is 9.73. The van der Waals surface area contributed by atoms with Crippen LogP contribution in [0.5, 0.6) is 0 Å². The van der Waals surface area contributed by atoms with Crippen molar-refractivity contribution in [1.29, 1.82) is 0 Å². The van der Waals surface area contributed by atoms with Gasteiger partial charge in [-0.15, -0.1) is 0 Å². The molecule has 0 saturated heterocycles. The lowest BCUT2D eigenvalue weighted by Crippen LogP contribution is -2.13. The summed E-state index contributed by atoms with van der Waals surface area (Å²) in [5, 5.41) is 0. The van der Waals surface area contributed by atoms with E-state index < -0.39 is 0 Å². The van der Waals surface area contributed by atoms with Crippen molar-refractivity contribution in [2.75, 3.05) is 0 Å². The maximum absolute atomic E-state index is 13.1. The molecule has 0 bridgehead atoms. The molecule has 0 aliphatic heterocycles. The summed E-state index contributed by atoms with van der Waals surface area (Å²) in [5.74, 6) is -0.190. The predicted octanol–water partition coefficient (Wildman–Crippen LogP) is 2.77. The van der Waals surface area contributed by atoms with Crippen LogP contribution in [0.25, 0.3) is 0 Å². The molecule has 0 aliphatic rings. The van der Waals surface area contributed by atoms with Crippen LogP contribution >= 0.6 is 0 Å². The second-order valence-electron chi connectivity index (χ2n) is 4.17. The van der Waals surface area contributed by atoms with E-state index in [1.807, 2.05) is 12.1 Å². The highest BCUT2D eigenvalue weighted by molar-refractivity contribution is 5.27. The molecule has 2 rings (SSSR count). The Hall–Kier alpha value is -1.74. The molecule has 2 N–H and O–H groups in total. The van der Waals surface area contributed by atoms with Gasteiger partial charge in [0.25, 0.3) is 0 Å². The van der Waals surface area contributed by atoms with Crippen molar-refractivity contribution >= 4 is 0 Å². The third-order valence-electron chi connectivity index (χ3n) is 2.82. The minimum absolute atomic E-state index is 0.114. The fourth-order valence-electron chi connectivity index (χ4n) is 1.79. The molecule has 88 valence electrons. The minimum Gasteiger partial charge on any atom is -0.324 e. The molecule has 0 radical (unpaired) electrons. The Bertz CT molecular complexity index is 497. The fourth-order valence-corrected chi connectivity index (χ4v) is 1.79. The third-order valence-corrected chi connectivity index (χ3v) is 2.82. The van der Waals surface area contributed by atoms with Crippen LogP contribution in [-0.2, 0) is 6.42 Å². The Morgan fingerprint density at radius 2 is 1.94 bits per heavy atom. The summed E-state index contributed by atoms with van der Waals surface area (Å²) >= 11 is 0. The maximum atomic E-state index is 13.1. The lowest BCUT2D eigenvalue weighted by Gasteiger charge is -2.13. The van der Waals surface area contributed by atoms with Crippen molar-refractivity contribution in [3.05, 3.63) is 65.2 Å². The highest BCUT2D eigenvalue weighted by Gasteiger charge is 2.08. The first-order valence-corrected chi connectivity index (χ1v) is 5.57. The number of rotatable bonds is 3. The molecule has 3 heteroatoms. The Kier molecular flexibility index (Phi) is 3.49. The van der Waals surface area contributed by atoms with Gasteiger partial charge in [-0.3, -0.25) is 4.98 Å². The second kappa shape index (κ2) is 5.06. The predicted molar refractivity (Wildman–Crippen MR) is 66.0 cm³/mol. The van der Waals surface area contributed by atoms with E-state index in [0.717, 1.165) is 17.5 Å². The van der Waals surface area contributed by atoms with Crippen molar-refractivity contribution in [1.82, 2.24) is 4.98 Å². The van der Waals surface area contributed by atoms with Crippen molar-refractivity contribution in [2.24, 2.45) is 5.73 Å². The molecule has 1 aromatic carbocycles. The zero-order valence-electron chi connectivity index (χ0n) is 9.73. The first-order valence-electron chi connectivity index (χ1n) is 5.57. The largest absolute Gasteiger partial charge is 0.324 e. The summed E-state index contributed by atoms with van der Waals surface area (Å²) in [7, 11) is 0. The van der Waals surface area contributed by atoms with E-state index in [2.05, 4.69) is 4.98 Å². The van der Waals surface area contributed by atoms with Gasteiger partial charge in [-0.25, -0.2) is 4.39 Å². The number of halogens is 1. The van der Waals surface area contributed by atoms with Crippen LogP contribution in [0.3, 0.4) is 0 Å². The molecule has 1 heterocycles. The summed E-state index contributed by atoms with van der Waals surface area (Å²) in [4.78, 5) is 3.96. The van der Waals surface area contributed by atoms with Crippen LogP contribution in [0.15, 0.2) is 42.7 Å². The van der Waals surface area contributed by atoms with Gasteiger partial charge in [0.1, 0.15) is 5.82 Å². The second-order valence-corrected chi connectivity index (χ2v) is 4.17. The van der Waals surface area contributed by atoms with Crippen molar-refractivity contribution < 1.29 is 4.39 Å². The van der Waals surface area contributed by atoms with E-state index in [0.29, 0.717) is 5.56 Å². The Morgan fingerprint density at radius 3 is 2.59 bits per heavy atom. The highest BCUT2D eigenvalue weighted by atomic mass is 19.1. The molecular weight excluding hydrogens is 215 g/mol. The zero-order chi connectivity index (χ0) is 12.3. The van der Waals surface area contributed by atoms with Crippen LogP contribution in [-0.4, -0.2) is 4.98 Å². The number of nitrogens with two attached hydrogens (primary N) is 1. The fraction of sp³-hybridized carbons (Fsp3) is 0.214. The van der Waals surface area contributed by atoms with Crippen LogP contribution in [0.2, 0.25) is 0 Å². The number of hydrogen-bond donors (Lipinski definition) is 1. The maximum Gasteiger partial charge on any atom is 0.126 e. The van der Waals surface area contributed by atoms with E-state index in [1.54, 1.807) is 31.5 Å². The summed E-state index contributed by atoms with van der Waals surface area (Å²) in [6.45, 7) is 1.75. The van der Waals surface area contributed by atoms with Gasteiger partial charge >= 0.3 is 0 Å². The smallest absolute Gasteiger partial charge is 0.126 e. The summed E-state index contributed by atoms with van der Waals surface area (Å²) in [5.41, 5.74) is 8.83. The van der Waals surface area contributed by atoms with Crippen LogP contribution < -0.4 is 5.73 Å². The molecule has 2 aromatic rings. The Balaban J connectivity index is 2.14. The quantitative estimate of drug-likeness (QED) is 0.880. The molecule has 1 aromatic heterocycles. The van der Waals surface area contributed by atoms with E-state index >= 15 is 0 Å². The van der Waals surface area contributed by atoms with Gasteiger partial charge in [-0.1, -0.05) is 12.1 Å². The van der Waals surface area contributed by atoms with E-state index in [1.165, 1.54) is 6.07 Å². The monoisotopic (exact) mass is 230 g/mol. The van der Waals surface area contributed by atoms with Gasteiger partial charge in [-0.2, -0.15) is 0 Å². The molecule has 0 fully saturated rings. The Morgan fingerprint density at radius 1 is 1.24 bits per heavy atom. The standard InChI is InChI=1S/C14H15FN2/c1-10-8-12(2-3-13(10)15)14(16)9-11-4-6-17-7-5-11/h2-8,14H,9,16H2,1H3. The average molecular weight is 230 g/mol. The molecule has 0 spiro atoms. The number of benzene rings is 1. The van der Waals surface area contributed by atoms with Crippen LogP contribution in [0.4, 0.5) is 4.39 Å². The third kappa shape index (κ3) is 2.88. The summed E-state index contributed by atoms with van der Waals surface area (Å²) < 4.78 is 13.1. The van der Waals surface area contributed by atoms with Crippen molar-refractivity contribution in [2.45, 2.75) is 19.4 Å². The molecular formula is C14H15FN2. The molecule has 1 atom stereocenters. The van der Waals surface area contributed by atoms with E-state index in [4.69, 9.17) is 5.73 Å². The lowest BCUT2D eigenvalue weighted by atomic mass is 9.99. The molecule has 0 aliphatic carbocycles. The molecule has 2 nitrogen and oxygen atoms in total. The van der Waals surface area contributed by atoms with Crippen LogP contribution in [0, 0.1) is 12.7 Å². The number of aromatic nitrogens is 1. The number of nitrogens with zero attached hydrogens (tertiary/aromatic N) is 1. The molecule has 0 saturated carbocycles. The van der Waals surface area contributed by atoms with E-state index in [-0.39, 0.29) is 11.9 Å². The highest BCUT2D eigenvalue weighted by Crippen LogP contribution is 2.18. The van der Waals surface area contributed by atoms with Crippen molar-refractivity contribution in [3.63, 3.8) is 0 Å². The van der Waals surface area contributed by atoms with Gasteiger partial charge in [0, 0.05) is 18.4 Å². The number of aryl methyl sites for hydroxylation is 1. The SMILES string of the molecule is Cc1cc(C(N)Cc2ccncc2)ccc1F. The van der Waals surface area contributed by atoms with Gasteiger partial charge in [0.05, 0.1) is 0 Å². The molecule has 0 amide bonds. The van der Waals surface area contributed by atoms with Gasteiger partial charge in [0.2, 0.25) is 0 Å². The summed E-state index contributed by atoms with van der Waals surface area (Å²) in [6, 6.07) is 8.79. The summed E-state index contributed by atoms with van der Waals surface area (Å²) in [6.07, 6.45) is 4.23. The van der Waals surface area contributed by atoms with E-state index in [9.17, 15) is 4.39 Å². The number of hydrogen-bond acceptors (Lipinski definition) is 2. The normalized spacial score (nSPS) is 12.4. The van der Waals surface area contributed by atoms with Gasteiger partial charge in [0.15, 0.2) is 0 Å². The van der Waals surface area contributed by atoms with Crippen LogP contribution in [0.1, 0.15) is 22.7 Å². The molecule has 1 unspecified atom stereocenters. The minimum atomic E-state index is -0.190. The Labute approximate surface area is 100 Å². The van der Waals surface area contributed by atoms with Gasteiger partial charge < -0.3 is 5.73 Å². The number of pyridine rings is 1. The lowest BCUT2D eigenvalue weighted by molar-refractivity contribution is 0.615. The average Bonchev–Trinajstić information content (AvgIpc) is 2.34. The van der Waals surface area contributed by atoms with Gasteiger partial charge in [-0.05, 0) is 48.2 Å². The topological polar surface area (TPSA) is 38.9 Å². The first-order chi connectivity index (χ1) is 8.16. The van der Waals surface area contributed by atoms with Crippen molar-refractivity contribution in [3.8, 4) is 0 Å². The first kappa shape index (κ1) is 11.7.